The van der Waals surface area contributed by atoms with Gasteiger partial charge in [0.05, 0.1) is 9.21 Å². The topological polar surface area (TPSA) is 95.5 Å². The van der Waals surface area contributed by atoms with E-state index in [9.17, 15) is 14.4 Å². The molecule has 1 atom stereocenters. The van der Waals surface area contributed by atoms with Crippen molar-refractivity contribution in [3.63, 3.8) is 0 Å². The Hall–Kier alpha value is -1.90. The molecule has 2 heterocycles. The molecular formula is C16H17ClN2O4S2. The average molecular weight is 401 g/mol. The van der Waals surface area contributed by atoms with Crippen molar-refractivity contribution in [2.75, 3.05) is 0 Å². The Morgan fingerprint density at radius 2 is 1.96 bits per heavy atom. The second kappa shape index (κ2) is 8.46. The van der Waals surface area contributed by atoms with Crippen molar-refractivity contribution in [1.29, 1.82) is 0 Å². The first-order chi connectivity index (χ1) is 11.8. The molecule has 0 aromatic carbocycles. The molecule has 0 saturated carbocycles. The van der Waals surface area contributed by atoms with Crippen LogP contribution in [0.4, 0.5) is 0 Å². The van der Waals surface area contributed by atoms with Gasteiger partial charge in [0.2, 0.25) is 5.91 Å². The van der Waals surface area contributed by atoms with E-state index in [-0.39, 0.29) is 29.2 Å². The summed E-state index contributed by atoms with van der Waals surface area (Å²) in [5, 5.41) is 16.1. The molecule has 0 fully saturated rings. The Labute approximate surface area is 157 Å². The molecule has 2 aromatic rings. The third-order valence-corrected chi connectivity index (χ3v) is 5.60. The lowest BCUT2D eigenvalue weighted by Crippen LogP contribution is -2.49. The summed E-state index contributed by atoms with van der Waals surface area (Å²) in [4.78, 5) is 36.4. The number of thiophene rings is 2. The van der Waals surface area contributed by atoms with Gasteiger partial charge in [-0.1, -0.05) is 25.4 Å². The van der Waals surface area contributed by atoms with Crippen molar-refractivity contribution >= 4 is 52.1 Å². The van der Waals surface area contributed by atoms with Crippen LogP contribution in [0.25, 0.3) is 0 Å². The summed E-state index contributed by atoms with van der Waals surface area (Å²) in [7, 11) is 0. The van der Waals surface area contributed by atoms with Crippen molar-refractivity contribution in [2.45, 2.75) is 26.4 Å². The molecule has 25 heavy (non-hydrogen) atoms. The number of carboxylic acid groups (broad SMARTS) is 1. The van der Waals surface area contributed by atoms with Gasteiger partial charge < -0.3 is 15.7 Å². The molecule has 2 rings (SSSR count). The molecule has 2 amide bonds. The standard InChI is InChI=1S/C16H17ClN2O4S2/c1-8(2)12(19-14(20)10-3-4-11(17)25-10)15(21)18-7-9-5-6-24-13(9)16(22)23/h3-6,8,12H,7H2,1-2H3,(H,18,21)(H,19,20)(H,22,23)/t12-/m1/s1. The molecule has 0 aliphatic heterocycles. The molecule has 0 radical (unpaired) electrons. The number of carbonyl (C=O) groups excluding carboxylic acids is 2. The number of rotatable bonds is 7. The van der Waals surface area contributed by atoms with E-state index in [2.05, 4.69) is 10.6 Å². The van der Waals surface area contributed by atoms with Gasteiger partial charge in [-0.15, -0.1) is 22.7 Å². The summed E-state index contributed by atoms with van der Waals surface area (Å²) in [5.41, 5.74) is 0.532. The molecule has 0 aliphatic rings. The second-order valence-electron chi connectivity index (χ2n) is 5.60. The number of carboxylic acids is 1. The molecular weight excluding hydrogens is 384 g/mol. The molecule has 0 spiro atoms. The maximum atomic E-state index is 12.4. The summed E-state index contributed by atoms with van der Waals surface area (Å²) >= 11 is 8.06. The summed E-state index contributed by atoms with van der Waals surface area (Å²) in [5.74, 6) is -1.90. The zero-order valence-electron chi connectivity index (χ0n) is 13.5. The van der Waals surface area contributed by atoms with E-state index in [1.54, 1.807) is 23.6 Å². The fourth-order valence-corrected chi connectivity index (χ4v) is 3.85. The van der Waals surface area contributed by atoms with Crippen LogP contribution in [-0.4, -0.2) is 28.9 Å². The fraction of sp³-hybridized carbons (Fsp3) is 0.312. The van der Waals surface area contributed by atoms with Gasteiger partial charge in [0.1, 0.15) is 10.9 Å². The number of nitrogens with one attached hydrogen (secondary N) is 2. The Kier molecular flexibility index (Phi) is 6.57. The van der Waals surface area contributed by atoms with E-state index >= 15 is 0 Å². The lowest BCUT2D eigenvalue weighted by molar-refractivity contribution is -0.124. The van der Waals surface area contributed by atoms with Crippen molar-refractivity contribution in [3.8, 4) is 0 Å². The first kappa shape index (κ1) is 19.4. The highest BCUT2D eigenvalue weighted by Gasteiger charge is 2.25. The highest BCUT2D eigenvalue weighted by molar-refractivity contribution is 7.18. The van der Waals surface area contributed by atoms with E-state index in [0.717, 1.165) is 22.7 Å². The minimum atomic E-state index is -1.03. The van der Waals surface area contributed by atoms with Crippen LogP contribution >= 0.6 is 34.3 Å². The summed E-state index contributed by atoms with van der Waals surface area (Å²) in [6.45, 7) is 3.73. The van der Waals surface area contributed by atoms with Gasteiger partial charge in [-0.25, -0.2) is 4.79 Å². The van der Waals surface area contributed by atoms with Gasteiger partial charge in [-0.2, -0.15) is 0 Å². The number of halogens is 1. The minimum Gasteiger partial charge on any atom is -0.477 e. The lowest BCUT2D eigenvalue weighted by Gasteiger charge is -2.21. The van der Waals surface area contributed by atoms with Gasteiger partial charge in [-0.3, -0.25) is 9.59 Å². The van der Waals surface area contributed by atoms with Crippen LogP contribution in [-0.2, 0) is 11.3 Å². The normalized spacial score (nSPS) is 12.0. The SMILES string of the molecule is CC(C)[C@@H](NC(=O)c1ccc(Cl)s1)C(=O)NCc1ccsc1C(=O)O. The van der Waals surface area contributed by atoms with Crippen LogP contribution in [0, 0.1) is 5.92 Å². The predicted molar refractivity (Wildman–Crippen MR) is 98.5 cm³/mol. The number of aromatic carboxylic acids is 1. The zero-order valence-corrected chi connectivity index (χ0v) is 15.9. The maximum Gasteiger partial charge on any atom is 0.346 e. The van der Waals surface area contributed by atoms with Crippen LogP contribution in [0.3, 0.4) is 0 Å². The van der Waals surface area contributed by atoms with Crippen molar-refractivity contribution < 1.29 is 19.5 Å². The molecule has 9 heteroatoms. The fourth-order valence-electron chi connectivity index (χ4n) is 2.14. The number of hydrogen-bond acceptors (Lipinski definition) is 5. The van der Waals surface area contributed by atoms with Crippen molar-refractivity contribution in [1.82, 2.24) is 10.6 Å². The maximum absolute atomic E-state index is 12.4. The van der Waals surface area contributed by atoms with Gasteiger partial charge in [-0.05, 0) is 35.1 Å². The Balaban J connectivity index is 2.01. The third-order valence-electron chi connectivity index (χ3n) is 3.43. The van der Waals surface area contributed by atoms with Gasteiger partial charge in [0.25, 0.3) is 5.91 Å². The number of hydrogen-bond donors (Lipinski definition) is 3. The lowest BCUT2D eigenvalue weighted by atomic mass is 10.0. The van der Waals surface area contributed by atoms with E-state index in [1.165, 1.54) is 0 Å². The molecule has 3 N–H and O–H groups in total. The van der Waals surface area contributed by atoms with Crippen LogP contribution in [0.5, 0.6) is 0 Å². The van der Waals surface area contributed by atoms with E-state index in [4.69, 9.17) is 16.7 Å². The monoisotopic (exact) mass is 400 g/mol. The summed E-state index contributed by atoms with van der Waals surface area (Å²) in [6.07, 6.45) is 0. The number of carbonyl (C=O) groups is 3. The van der Waals surface area contributed by atoms with Gasteiger partial charge >= 0.3 is 5.97 Å². The number of amides is 2. The van der Waals surface area contributed by atoms with E-state index in [0.29, 0.717) is 14.8 Å². The van der Waals surface area contributed by atoms with Crippen LogP contribution < -0.4 is 10.6 Å². The first-order valence-electron chi connectivity index (χ1n) is 7.43. The highest BCUT2D eigenvalue weighted by Crippen LogP contribution is 2.21. The smallest absolute Gasteiger partial charge is 0.346 e. The molecule has 0 bridgehead atoms. The molecule has 0 unspecified atom stereocenters. The minimum absolute atomic E-state index is 0.0912. The first-order valence-corrected chi connectivity index (χ1v) is 9.50. The van der Waals surface area contributed by atoms with E-state index in [1.807, 2.05) is 13.8 Å². The van der Waals surface area contributed by atoms with Crippen LogP contribution in [0.1, 0.15) is 38.8 Å². The second-order valence-corrected chi connectivity index (χ2v) is 8.23. The van der Waals surface area contributed by atoms with Crippen LogP contribution in [0.15, 0.2) is 23.6 Å². The van der Waals surface area contributed by atoms with Gasteiger partial charge in [0, 0.05) is 6.54 Å². The largest absolute Gasteiger partial charge is 0.477 e. The van der Waals surface area contributed by atoms with Crippen LogP contribution in [0.2, 0.25) is 4.34 Å². The highest BCUT2D eigenvalue weighted by atomic mass is 35.5. The predicted octanol–water partition coefficient (Wildman–Crippen LogP) is 3.23. The van der Waals surface area contributed by atoms with Gasteiger partial charge in [0.15, 0.2) is 0 Å². The molecule has 0 aliphatic carbocycles. The average Bonchev–Trinajstić information content (AvgIpc) is 3.18. The zero-order chi connectivity index (χ0) is 18.6. The van der Waals surface area contributed by atoms with Crippen molar-refractivity contribution in [3.05, 3.63) is 43.2 Å². The van der Waals surface area contributed by atoms with Crippen molar-refractivity contribution in [2.24, 2.45) is 5.92 Å². The quantitative estimate of drug-likeness (QED) is 0.664. The summed E-state index contributed by atoms with van der Waals surface area (Å²) < 4.78 is 0.495. The third kappa shape index (κ3) is 5.04. The Morgan fingerprint density at radius 1 is 1.24 bits per heavy atom. The molecule has 6 nitrogen and oxygen atoms in total. The molecule has 134 valence electrons. The van der Waals surface area contributed by atoms with E-state index < -0.39 is 12.0 Å². The summed E-state index contributed by atoms with van der Waals surface area (Å²) in [6, 6.07) is 4.14. The molecule has 0 saturated heterocycles. The molecule has 2 aromatic heterocycles. The Bertz CT molecular complexity index is 785. The Morgan fingerprint density at radius 3 is 2.52 bits per heavy atom.